The van der Waals surface area contributed by atoms with E-state index in [0.29, 0.717) is 17.0 Å². The fraction of sp³-hybridized carbons (Fsp3) is 0. The van der Waals surface area contributed by atoms with Gasteiger partial charge in [-0.1, -0.05) is 66.7 Å². The number of nitrogens with zero attached hydrogens (tertiary/aromatic N) is 3. The van der Waals surface area contributed by atoms with Gasteiger partial charge >= 0.3 is 0 Å². The molecule has 0 bridgehead atoms. The van der Waals surface area contributed by atoms with Crippen molar-refractivity contribution in [2.45, 2.75) is 0 Å². The van der Waals surface area contributed by atoms with Gasteiger partial charge in [0.05, 0.1) is 22.0 Å². The fourth-order valence-corrected chi connectivity index (χ4v) is 3.61. The topological polar surface area (TPSA) is 68.9 Å². The van der Waals surface area contributed by atoms with Gasteiger partial charge in [0.15, 0.2) is 0 Å². The number of hydrogen-bond acceptors (Lipinski definition) is 4. The smallest absolute Gasteiger partial charge is 0.258 e. The van der Waals surface area contributed by atoms with E-state index in [-0.39, 0.29) is 5.69 Å². The highest BCUT2D eigenvalue weighted by molar-refractivity contribution is 5.85. The van der Waals surface area contributed by atoms with Crippen LogP contribution in [0.2, 0.25) is 0 Å². The Morgan fingerprint density at radius 2 is 1.32 bits per heavy atom. The Morgan fingerprint density at radius 3 is 2.13 bits per heavy atom. The molecule has 0 atom stereocenters. The number of nitro benzene ring substituents is 1. The van der Waals surface area contributed by atoms with Crippen molar-refractivity contribution in [2.24, 2.45) is 0 Å². The second-order valence-corrected chi connectivity index (χ2v) is 7.22. The first kappa shape index (κ1) is 18.6. The Balaban J connectivity index is 1.71. The van der Waals surface area contributed by atoms with Crippen molar-refractivity contribution in [3.05, 3.63) is 113 Å². The molecule has 0 aliphatic rings. The van der Waals surface area contributed by atoms with E-state index in [4.69, 9.17) is 4.98 Å². The predicted molar refractivity (Wildman–Crippen MR) is 123 cm³/mol. The normalized spacial score (nSPS) is 10.8. The van der Waals surface area contributed by atoms with Crippen LogP contribution in [0, 0.1) is 10.1 Å². The molecule has 3 aromatic carbocycles. The lowest BCUT2D eigenvalue weighted by molar-refractivity contribution is -0.384. The lowest BCUT2D eigenvalue weighted by Crippen LogP contribution is -1.94. The van der Waals surface area contributed by atoms with Crippen molar-refractivity contribution in [3.8, 4) is 33.8 Å². The minimum atomic E-state index is -0.393. The third kappa shape index (κ3) is 3.76. The van der Waals surface area contributed by atoms with E-state index in [9.17, 15) is 10.1 Å². The summed E-state index contributed by atoms with van der Waals surface area (Å²) in [4.78, 5) is 20.3. The monoisotopic (exact) mass is 403 g/mol. The maximum atomic E-state index is 11.3. The van der Waals surface area contributed by atoms with E-state index in [1.54, 1.807) is 12.1 Å². The molecule has 5 rings (SSSR count). The molecular formula is C26H17N3O2. The number of nitro groups is 1. The third-order valence-electron chi connectivity index (χ3n) is 5.18. The molecule has 0 saturated heterocycles. The van der Waals surface area contributed by atoms with Gasteiger partial charge in [-0.15, -0.1) is 0 Å². The molecule has 0 radical (unpaired) electrons. The van der Waals surface area contributed by atoms with Crippen molar-refractivity contribution in [3.63, 3.8) is 0 Å². The van der Waals surface area contributed by atoms with E-state index in [0.717, 1.165) is 27.6 Å². The van der Waals surface area contributed by atoms with Gasteiger partial charge in [-0.3, -0.25) is 15.1 Å². The van der Waals surface area contributed by atoms with Crippen LogP contribution < -0.4 is 0 Å². The van der Waals surface area contributed by atoms with Gasteiger partial charge in [0.2, 0.25) is 0 Å². The molecule has 0 N–H and O–H groups in total. The summed E-state index contributed by atoms with van der Waals surface area (Å²) in [6, 6.07) is 30.6. The highest BCUT2D eigenvalue weighted by Gasteiger charge is 2.13. The van der Waals surface area contributed by atoms with Crippen LogP contribution in [-0.4, -0.2) is 14.9 Å². The summed E-state index contributed by atoms with van der Waals surface area (Å²) in [6.07, 6.45) is 1.84. The minimum Gasteiger partial charge on any atom is -0.258 e. The largest absolute Gasteiger partial charge is 0.270 e. The van der Waals surface area contributed by atoms with E-state index in [1.165, 1.54) is 6.07 Å². The van der Waals surface area contributed by atoms with Crippen LogP contribution in [-0.2, 0) is 0 Å². The fourth-order valence-electron chi connectivity index (χ4n) is 3.61. The lowest BCUT2D eigenvalue weighted by Gasteiger charge is -2.10. The van der Waals surface area contributed by atoms with Crippen molar-refractivity contribution in [1.82, 2.24) is 9.97 Å². The summed E-state index contributed by atoms with van der Waals surface area (Å²) in [5.74, 6) is 0. The summed E-state index contributed by atoms with van der Waals surface area (Å²) in [6.45, 7) is 0. The second kappa shape index (κ2) is 7.80. The van der Waals surface area contributed by atoms with Crippen LogP contribution in [0.25, 0.3) is 44.5 Å². The summed E-state index contributed by atoms with van der Waals surface area (Å²) in [5.41, 5.74) is 4.87. The van der Waals surface area contributed by atoms with Gasteiger partial charge in [0.1, 0.15) is 0 Å². The first-order valence-corrected chi connectivity index (χ1v) is 9.85. The number of aromatic nitrogens is 2. The standard InChI is InChI=1S/C26H17N3O2/c30-29(31)23-12-6-11-20(13-23)24-15-22(18-7-2-1-3-8-18)16-26(28-24)25-14-19-9-4-5-10-21(19)17-27-25/h1-17H. The summed E-state index contributed by atoms with van der Waals surface area (Å²) in [7, 11) is 0. The van der Waals surface area contributed by atoms with Gasteiger partial charge in [-0.25, -0.2) is 4.98 Å². The molecule has 0 saturated carbocycles. The number of hydrogen-bond donors (Lipinski definition) is 0. The average molecular weight is 403 g/mol. The first-order valence-electron chi connectivity index (χ1n) is 9.85. The van der Waals surface area contributed by atoms with Gasteiger partial charge in [-0.05, 0) is 34.7 Å². The van der Waals surface area contributed by atoms with E-state index in [2.05, 4.69) is 4.98 Å². The molecule has 2 heterocycles. The van der Waals surface area contributed by atoms with E-state index < -0.39 is 4.92 Å². The zero-order valence-electron chi connectivity index (χ0n) is 16.5. The molecule has 0 unspecified atom stereocenters. The number of rotatable bonds is 4. The summed E-state index contributed by atoms with van der Waals surface area (Å²) >= 11 is 0. The molecule has 2 aromatic heterocycles. The lowest BCUT2D eigenvalue weighted by atomic mass is 10.0. The maximum Gasteiger partial charge on any atom is 0.270 e. The molecule has 0 aliphatic heterocycles. The van der Waals surface area contributed by atoms with Crippen LogP contribution in [0.5, 0.6) is 0 Å². The van der Waals surface area contributed by atoms with Crippen LogP contribution in [0.1, 0.15) is 0 Å². The SMILES string of the molecule is O=[N+]([O-])c1cccc(-c2cc(-c3ccccc3)cc(-c3cc4ccccc4cn3)n2)c1. The zero-order valence-corrected chi connectivity index (χ0v) is 16.5. The van der Waals surface area contributed by atoms with Crippen molar-refractivity contribution >= 4 is 16.5 Å². The van der Waals surface area contributed by atoms with Gasteiger partial charge in [-0.2, -0.15) is 0 Å². The minimum absolute atomic E-state index is 0.0368. The van der Waals surface area contributed by atoms with Gasteiger partial charge in [0.25, 0.3) is 5.69 Å². The van der Waals surface area contributed by atoms with Gasteiger partial charge < -0.3 is 0 Å². The molecule has 148 valence electrons. The van der Waals surface area contributed by atoms with Gasteiger partial charge in [0, 0.05) is 29.3 Å². The second-order valence-electron chi connectivity index (χ2n) is 7.22. The molecule has 0 aliphatic carbocycles. The molecule has 31 heavy (non-hydrogen) atoms. The zero-order chi connectivity index (χ0) is 21.2. The molecule has 5 nitrogen and oxygen atoms in total. The van der Waals surface area contributed by atoms with Crippen LogP contribution in [0.15, 0.2) is 103 Å². The van der Waals surface area contributed by atoms with Crippen molar-refractivity contribution < 1.29 is 4.92 Å². The summed E-state index contributed by atoms with van der Waals surface area (Å²) in [5, 5.41) is 13.4. The van der Waals surface area contributed by atoms with Crippen LogP contribution in [0.4, 0.5) is 5.69 Å². The Kier molecular flexibility index (Phi) is 4.69. The summed E-state index contributed by atoms with van der Waals surface area (Å²) < 4.78 is 0. The molecule has 0 spiro atoms. The maximum absolute atomic E-state index is 11.3. The first-order chi connectivity index (χ1) is 15.2. The quantitative estimate of drug-likeness (QED) is 0.252. The van der Waals surface area contributed by atoms with Crippen LogP contribution in [0.3, 0.4) is 0 Å². The number of pyridine rings is 2. The highest BCUT2D eigenvalue weighted by atomic mass is 16.6. The molecule has 0 fully saturated rings. The highest BCUT2D eigenvalue weighted by Crippen LogP contribution is 2.31. The molecule has 5 heteroatoms. The van der Waals surface area contributed by atoms with Crippen LogP contribution >= 0.6 is 0 Å². The number of benzene rings is 3. The van der Waals surface area contributed by atoms with E-state index >= 15 is 0 Å². The Labute approximate surface area is 178 Å². The molecule has 0 amide bonds. The average Bonchev–Trinajstić information content (AvgIpc) is 2.84. The third-order valence-corrected chi connectivity index (χ3v) is 5.18. The number of fused-ring (bicyclic) bond motifs is 1. The molecule has 5 aromatic rings. The Hall–Kier alpha value is -4.38. The predicted octanol–water partition coefficient (Wildman–Crippen LogP) is 6.54. The molecular weight excluding hydrogens is 386 g/mol. The van der Waals surface area contributed by atoms with Crippen molar-refractivity contribution in [2.75, 3.05) is 0 Å². The Bertz CT molecular complexity index is 1420. The number of non-ortho nitro benzene ring substituents is 1. The Morgan fingerprint density at radius 1 is 0.613 bits per heavy atom. The van der Waals surface area contributed by atoms with E-state index in [1.807, 2.05) is 85.1 Å². The van der Waals surface area contributed by atoms with Crippen molar-refractivity contribution in [1.29, 1.82) is 0 Å².